The molecule has 0 unspecified atom stereocenters. The average Bonchev–Trinajstić information content (AvgIpc) is 2.93. The van der Waals surface area contributed by atoms with Crippen LogP contribution in [-0.2, 0) is 25.7 Å². The fourth-order valence-corrected chi connectivity index (χ4v) is 4.70. The minimum Gasteiger partial charge on any atom is -0.493 e. The summed E-state index contributed by atoms with van der Waals surface area (Å²) in [5.74, 6) is -3.91. The van der Waals surface area contributed by atoms with Crippen LogP contribution in [0.3, 0.4) is 0 Å². The zero-order chi connectivity index (χ0) is 30.3. The molecule has 4 rings (SSSR count). The van der Waals surface area contributed by atoms with Gasteiger partial charge < -0.3 is 9.47 Å². The zero-order valence-electron chi connectivity index (χ0n) is 23.1. The molecule has 0 aliphatic heterocycles. The van der Waals surface area contributed by atoms with Gasteiger partial charge in [0.2, 0.25) is 0 Å². The van der Waals surface area contributed by atoms with Crippen molar-refractivity contribution in [2.45, 2.75) is 58.0 Å². The number of aryl methyl sites for hydroxylation is 4. The summed E-state index contributed by atoms with van der Waals surface area (Å²) in [5, 5.41) is 1.04. The topological polar surface area (TPSA) is 18.5 Å². The van der Waals surface area contributed by atoms with Gasteiger partial charge >= 0.3 is 6.18 Å². The van der Waals surface area contributed by atoms with Crippen molar-refractivity contribution in [1.29, 1.82) is 0 Å². The minimum absolute atomic E-state index is 0.0576. The molecule has 0 radical (unpaired) electrons. The van der Waals surface area contributed by atoms with Crippen LogP contribution in [0.2, 0.25) is 0 Å². The van der Waals surface area contributed by atoms with Crippen molar-refractivity contribution in [3.63, 3.8) is 0 Å². The zero-order valence-corrected chi connectivity index (χ0v) is 23.1. The van der Waals surface area contributed by atoms with Crippen LogP contribution in [0.4, 0.5) is 30.7 Å². The standard InChI is InChI=1S/C33H31F7O2/c1-2-3-4-15-41-26-13-12-23(28(34)19-26)8-5-21-7-14-27-25(16-21)11-10-24(31(27)37)9-6-22-17-29(35)32(30(36)18-22)42-20-33(38,39)40/h7,10-14,16-19H,2-6,8-9,15,20H2,1H3. The van der Waals surface area contributed by atoms with Gasteiger partial charge in [-0.15, -0.1) is 0 Å². The van der Waals surface area contributed by atoms with Gasteiger partial charge in [-0.1, -0.05) is 56.2 Å². The van der Waals surface area contributed by atoms with E-state index in [9.17, 15) is 26.3 Å². The van der Waals surface area contributed by atoms with Crippen molar-refractivity contribution in [2.75, 3.05) is 13.2 Å². The van der Waals surface area contributed by atoms with E-state index in [4.69, 9.17) is 4.74 Å². The van der Waals surface area contributed by atoms with Gasteiger partial charge in [-0.3, -0.25) is 0 Å². The molecule has 0 N–H and O–H groups in total. The average molecular weight is 593 g/mol. The predicted octanol–water partition coefficient (Wildman–Crippen LogP) is 9.48. The third-order valence-electron chi connectivity index (χ3n) is 6.94. The second kappa shape index (κ2) is 13.9. The normalized spacial score (nSPS) is 11.7. The first kappa shape index (κ1) is 31.2. The minimum atomic E-state index is -4.74. The first-order valence-corrected chi connectivity index (χ1v) is 13.8. The third kappa shape index (κ3) is 8.39. The molecule has 0 aliphatic rings. The van der Waals surface area contributed by atoms with Crippen LogP contribution >= 0.6 is 0 Å². The lowest BCUT2D eigenvalue weighted by Crippen LogP contribution is -2.20. The second-order valence-electron chi connectivity index (χ2n) is 10.2. The van der Waals surface area contributed by atoms with Gasteiger partial charge in [0.1, 0.15) is 17.4 Å². The van der Waals surface area contributed by atoms with E-state index in [1.807, 2.05) is 6.07 Å². The van der Waals surface area contributed by atoms with E-state index < -0.39 is 36.0 Å². The molecule has 0 aromatic heterocycles. The van der Waals surface area contributed by atoms with Crippen molar-refractivity contribution >= 4 is 10.8 Å². The fraction of sp³-hybridized carbons (Fsp3) is 0.333. The summed E-state index contributed by atoms with van der Waals surface area (Å²) in [6.45, 7) is 0.836. The van der Waals surface area contributed by atoms with Gasteiger partial charge in [0, 0.05) is 11.5 Å². The molecule has 0 saturated carbocycles. The van der Waals surface area contributed by atoms with E-state index in [0.29, 0.717) is 47.1 Å². The number of hydrogen-bond donors (Lipinski definition) is 0. The quantitative estimate of drug-likeness (QED) is 0.114. The molecule has 0 saturated heterocycles. The third-order valence-corrected chi connectivity index (χ3v) is 6.94. The SMILES string of the molecule is CCCCCOc1ccc(CCc2ccc3c(F)c(CCc4cc(F)c(OCC(F)(F)F)c(F)c4)ccc3c2)c(F)c1. The summed E-state index contributed by atoms with van der Waals surface area (Å²) < 4.78 is 105. The molecule has 0 heterocycles. The molecular weight excluding hydrogens is 561 g/mol. The highest BCUT2D eigenvalue weighted by Gasteiger charge is 2.30. The molecule has 0 atom stereocenters. The van der Waals surface area contributed by atoms with E-state index in [1.54, 1.807) is 36.4 Å². The van der Waals surface area contributed by atoms with Crippen LogP contribution in [-0.4, -0.2) is 19.4 Å². The highest BCUT2D eigenvalue weighted by atomic mass is 19.4. The Morgan fingerprint density at radius 2 is 1.33 bits per heavy atom. The molecule has 2 nitrogen and oxygen atoms in total. The van der Waals surface area contributed by atoms with Crippen LogP contribution in [0.15, 0.2) is 60.7 Å². The Morgan fingerprint density at radius 3 is 2.02 bits per heavy atom. The first-order valence-electron chi connectivity index (χ1n) is 13.8. The van der Waals surface area contributed by atoms with Crippen LogP contribution in [0.25, 0.3) is 10.8 Å². The lowest BCUT2D eigenvalue weighted by atomic mass is 9.97. The highest BCUT2D eigenvalue weighted by Crippen LogP contribution is 2.28. The number of ether oxygens (including phenoxy) is 2. The molecule has 0 bridgehead atoms. The molecular formula is C33H31F7O2. The maximum absolute atomic E-state index is 15.3. The molecule has 0 fully saturated rings. The summed E-state index contributed by atoms with van der Waals surface area (Å²) in [6, 6.07) is 15.3. The van der Waals surface area contributed by atoms with Crippen molar-refractivity contribution in [2.24, 2.45) is 0 Å². The van der Waals surface area contributed by atoms with E-state index in [2.05, 4.69) is 11.7 Å². The van der Waals surface area contributed by atoms with Crippen LogP contribution in [0.1, 0.15) is 48.4 Å². The Kier molecular flexibility index (Phi) is 10.4. The molecule has 0 aliphatic carbocycles. The van der Waals surface area contributed by atoms with Crippen molar-refractivity contribution in [1.82, 2.24) is 0 Å². The van der Waals surface area contributed by atoms with E-state index >= 15 is 4.39 Å². The molecule has 4 aromatic rings. The molecule has 42 heavy (non-hydrogen) atoms. The Labute approximate surface area is 240 Å². The number of halogens is 7. The van der Waals surface area contributed by atoms with E-state index in [0.717, 1.165) is 37.0 Å². The molecule has 4 aromatic carbocycles. The highest BCUT2D eigenvalue weighted by molar-refractivity contribution is 5.84. The fourth-order valence-electron chi connectivity index (χ4n) is 4.70. The van der Waals surface area contributed by atoms with Gasteiger partial charge in [-0.05, 0) is 77.9 Å². The number of alkyl halides is 3. The summed E-state index contributed by atoms with van der Waals surface area (Å²) in [4.78, 5) is 0. The summed E-state index contributed by atoms with van der Waals surface area (Å²) in [7, 11) is 0. The largest absolute Gasteiger partial charge is 0.493 e. The molecule has 0 amide bonds. The Hall–Kier alpha value is -3.75. The first-order chi connectivity index (χ1) is 20.0. The van der Waals surface area contributed by atoms with Gasteiger partial charge in [0.25, 0.3) is 0 Å². The lowest BCUT2D eigenvalue weighted by Gasteiger charge is -2.12. The summed E-state index contributed by atoms with van der Waals surface area (Å²) >= 11 is 0. The number of fused-ring (bicyclic) bond motifs is 1. The van der Waals surface area contributed by atoms with Gasteiger partial charge in [0.15, 0.2) is 24.0 Å². The maximum atomic E-state index is 15.3. The molecule has 224 valence electrons. The number of benzene rings is 4. The second-order valence-corrected chi connectivity index (χ2v) is 10.2. The lowest BCUT2D eigenvalue weighted by molar-refractivity contribution is -0.154. The maximum Gasteiger partial charge on any atom is 0.422 e. The van der Waals surface area contributed by atoms with Crippen LogP contribution in [0, 0.1) is 23.3 Å². The monoisotopic (exact) mass is 592 g/mol. The van der Waals surface area contributed by atoms with E-state index in [1.165, 1.54) is 6.07 Å². The predicted molar refractivity (Wildman–Crippen MR) is 148 cm³/mol. The van der Waals surface area contributed by atoms with Crippen molar-refractivity contribution < 1.29 is 40.2 Å². The van der Waals surface area contributed by atoms with Crippen molar-refractivity contribution in [3.8, 4) is 11.5 Å². The van der Waals surface area contributed by atoms with Gasteiger partial charge in [-0.25, -0.2) is 17.6 Å². The summed E-state index contributed by atoms with van der Waals surface area (Å²) in [6.07, 6.45) is -0.497. The van der Waals surface area contributed by atoms with Gasteiger partial charge in [0.05, 0.1) is 6.61 Å². The molecule has 9 heteroatoms. The van der Waals surface area contributed by atoms with Gasteiger partial charge in [-0.2, -0.15) is 13.2 Å². The van der Waals surface area contributed by atoms with Crippen LogP contribution in [0.5, 0.6) is 11.5 Å². The van der Waals surface area contributed by atoms with Crippen molar-refractivity contribution in [3.05, 3.63) is 106 Å². The smallest absolute Gasteiger partial charge is 0.422 e. The molecule has 0 spiro atoms. The van der Waals surface area contributed by atoms with E-state index in [-0.39, 0.29) is 24.2 Å². The van der Waals surface area contributed by atoms with Crippen LogP contribution < -0.4 is 9.47 Å². The number of rotatable bonds is 13. The number of unbranched alkanes of at least 4 members (excludes halogenated alkanes) is 2. The number of hydrogen-bond acceptors (Lipinski definition) is 2. The Bertz CT molecular complexity index is 1490. The Balaban J connectivity index is 1.37. The summed E-state index contributed by atoms with van der Waals surface area (Å²) in [5.41, 5.74) is 1.95. The Morgan fingerprint density at radius 1 is 0.643 bits per heavy atom.